The SMILES string of the molecule is C[S+]([O-])c1ccc(-c2nc3nn(-c4ccccc4)cc3c(=O)n2-c2ccc(Cl)cc2)cc1. The van der Waals surface area contributed by atoms with E-state index in [2.05, 4.69) is 5.10 Å². The molecular weight excluding hydrogens is 444 g/mol. The zero-order valence-corrected chi connectivity index (χ0v) is 18.5. The summed E-state index contributed by atoms with van der Waals surface area (Å²) in [6, 6.07) is 23.7. The van der Waals surface area contributed by atoms with Gasteiger partial charge in [0.2, 0.25) is 0 Å². The normalized spacial score (nSPS) is 12.2. The average Bonchev–Trinajstić information content (AvgIpc) is 3.25. The van der Waals surface area contributed by atoms with Gasteiger partial charge in [-0.2, -0.15) is 0 Å². The van der Waals surface area contributed by atoms with Crippen LogP contribution in [-0.4, -0.2) is 30.1 Å². The summed E-state index contributed by atoms with van der Waals surface area (Å²) in [6.07, 6.45) is 3.32. The number of hydrogen-bond acceptors (Lipinski definition) is 4. The standard InChI is InChI=1S/C24H17ClN4O2S/c1-32(31)20-13-7-16(8-14-20)23-26-22-21(15-28(27-22)18-5-3-2-4-6-18)24(30)29(23)19-11-9-17(25)10-12-19/h2-15H,1H3. The zero-order valence-electron chi connectivity index (χ0n) is 17.0. The van der Waals surface area contributed by atoms with Crippen LogP contribution in [0.5, 0.6) is 0 Å². The first-order chi connectivity index (χ1) is 15.5. The number of aromatic nitrogens is 4. The van der Waals surface area contributed by atoms with Crippen molar-refractivity contribution in [1.82, 2.24) is 19.3 Å². The summed E-state index contributed by atoms with van der Waals surface area (Å²) in [5.41, 5.74) is 2.29. The molecular formula is C24H17ClN4O2S. The lowest BCUT2D eigenvalue weighted by atomic mass is 10.2. The Hall–Kier alpha value is -3.39. The van der Waals surface area contributed by atoms with E-state index in [1.165, 1.54) is 0 Å². The van der Waals surface area contributed by atoms with Gasteiger partial charge in [0.15, 0.2) is 10.5 Å². The second-order valence-electron chi connectivity index (χ2n) is 7.18. The zero-order chi connectivity index (χ0) is 22.2. The number of rotatable bonds is 4. The van der Waals surface area contributed by atoms with E-state index >= 15 is 0 Å². The van der Waals surface area contributed by atoms with E-state index in [-0.39, 0.29) is 5.56 Å². The molecule has 5 aromatic rings. The van der Waals surface area contributed by atoms with Crippen molar-refractivity contribution in [1.29, 1.82) is 0 Å². The van der Waals surface area contributed by atoms with Crippen molar-refractivity contribution in [2.24, 2.45) is 0 Å². The van der Waals surface area contributed by atoms with Gasteiger partial charge in [-0.25, -0.2) is 9.67 Å². The third kappa shape index (κ3) is 3.71. The molecule has 32 heavy (non-hydrogen) atoms. The molecule has 1 atom stereocenters. The van der Waals surface area contributed by atoms with E-state index in [9.17, 15) is 9.35 Å². The molecule has 5 rings (SSSR count). The van der Waals surface area contributed by atoms with Gasteiger partial charge in [-0.05, 0) is 71.8 Å². The van der Waals surface area contributed by atoms with Gasteiger partial charge in [-0.15, -0.1) is 5.10 Å². The van der Waals surface area contributed by atoms with Gasteiger partial charge < -0.3 is 4.55 Å². The molecule has 0 aliphatic heterocycles. The molecule has 0 bridgehead atoms. The maximum atomic E-state index is 13.6. The van der Waals surface area contributed by atoms with E-state index in [0.29, 0.717) is 38.0 Å². The Labute approximate surface area is 191 Å². The molecule has 0 saturated heterocycles. The van der Waals surface area contributed by atoms with Gasteiger partial charge in [0.1, 0.15) is 17.5 Å². The number of para-hydroxylation sites is 1. The van der Waals surface area contributed by atoms with Crippen LogP contribution in [0.25, 0.3) is 33.8 Å². The lowest BCUT2D eigenvalue weighted by Gasteiger charge is -2.13. The molecule has 6 nitrogen and oxygen atoms in total. The monoisotopic (exact) mass is 460 g/mol. The van der Waals surface area contributed by atoms with Gasteiger partial charge in [-0.1, -0.05) is 29.8 Å². The predicted molar refractivity (Wildman–Crippen MR) is 127 cm³/mol. The van der Waals surface area contributed by atoms with Gasteiger partial charge >= 0.3 is 0 Å². The molecule has 0 fully saturated rings. The van der Waals surface area contributed by atoms with Gasteiger partial charge in [0.05, 0.1) is 11.4 Å². The maximum Gasteiger partial charge on any atom is 0.269 e. The largest absolute Gasteiger partial charge is 0.612 e. The summed E-state index contributed by atoms with van der Waals surface area (Å²) in [7, 11) is 0. The highest BCUT2D eigenvalue weighted by Gasteiger charge is 2.18. The predicted octanol–water partition coefficient (Wildman–Crippen LogP) is 4.63. The van der Waals surface area contributed by atoms with Crippen LogP contribution in [-0.2, 0) is 11.2 Å². The molecule has 0 amide bonds. The first kappa shape index (κ1) is 20.5. The van der Waals surface area contributed by atoms with Crippen molar-refractivity contribution in [2.75, 3.05) is 6.26 Å². The third-order valence-electron chi connectivity index (χ3n) is 5.10. The van der Waals surface area contributed by atoms with Gasteiger partial charge in [-0.3, -0.25) is 9.36 Å². The van der Waals surface area contributed by atoms with Crippen LogP contribution < -0.4 is 5.56 Å². The topological polar surface area (TPSA) is 75.8 Å². The molecule has 158 valence electrons. The highest BCUT2D eigenvalue weighted by atomic mass is 35.5. The van der Waals surface area contributed by atoms with E-state index in [4.69, 9.17) is 16.6 Å². The fourth-order valence-corrected chi connectivity index (χ4v) is 4.14. The van der Waals surface area contributed by atoms with Crippen LogP contribution in [0.2, 0.25) is 5.02 Å². The number of fused-ring (bicyclic) bond motifs is 1. The van der Waals surface area contributed by atoms with E-state index in [1.807, 2.05) is 42.5 Å². The molecule has 0 aliphatic carbocycles. The second kappa shape index (κ2) is 8.27. The van der Waals surface area contributed by atoms with Crippen LogP contribution in [0, 0.1) is 0 Å². The van der Waals surface area contributed by atoms with E-state index in [1.54, 1.807) is 58.1 Å². The van der Waals surface area contributed by atoms with Crippen molar-refractivity contribution in [2.45, 2.75) is 4.90 Å². The van der Waals surface area contributed by atoms with Gasteiger partial charge in [0, 0.05) is 16.8 Å². The van der Waals surface area contributed by atoms with Crippen LogP contribution in [0.1, 0.15) is 0 Å². The Morgan fingerprint density at radius 1 is 0.906 bits per heavy atom. The minimum atomic E-state index is -1.10. The molecule has 0 N–H and O–H groups in total. The summed E-state index contributed by atoms with van der Waals surface area (Å²) in [5.74, 6) is 0.441. The fraction of sp³-hybridized carbons (Fsp3) is 0.0417. The smallest absolute Gasteiger partial charge is 0.269 e. The Bertz CT molecular complexity index is 1460. The van der Waals surface area contributed by atoms with Crippen molar-refractivity contribution in [3.05, 3.63) is 100 Å². The molecule has 2 aromatic heterocycles. The number of benzene rings is 3. The average molecular weight is 461 g/mol. The quantitative estimate of drug-likeness (QED) is 0.366. The van der Waals surface area contributed by atoms with E-state index in [0.717, 1.165) is 5.69 Å². The van der Waals surface area contributed by atoms with Crippen molar-refractivity contribution in [3.63, 3.8) is 0 Å². The number of halogens is 1. The minimum absolute atomic E-state index is 0.238. The first-order valence-corrected chi connectivity index (χ1v) is 11.7. The Morgan fingerprint density at radius 3 is 2.25 bits per heavy atom. The molecule has 0 aliphatic rings. The number of hydrogen-bond donors (Lipinski definition) is 0. The summed E-state index contributed by atoms with van der Waals surface area (Å²) >= 11 is 4.96. The van der Waals surface area contributed by atoms with Crippen LogP contribution in [0.4, 0.5) is 0 Å². The molecule has 0 saturated carbocycles. The van der Waals surface area contributed by atoms with E-state index < -0.39 is 11.2 Å². The molecule has 0 radical (unpaired) electrons. The summed E-state index contributed by atoms with van der Waals surface area (Å²) in [6.45, 7) is 0. The third-order valence-corrected chi connectivity index (χ3v) is 6.29. The van der Waals surface area contributed by atoms with Crippen molar-refractivity contribution >= 4 is 33.8 Å². The van der Waals surface area contributed by atoms with Gasteiger partial charge in [0.25, 0.3) is 5.56 Å². The Balaban J connectivity index is 1.77. The van der Waals surface area contributed by atoms with Crippen molar-refractivity contribution < 1.29 is 4.55 Å². The molecule has 3 aromatic carbocycles. The Morgan fingerprint density at radius 2 is 1.59 bits per heavy atom. The minimum Gasteiger partial charge on any atom is -0.612 e. The molecule has 1 unspecified atom stereocenters. The number of nitrogens with zero attached hydrogens (tertiary/aromatic N) is 4. The molecule has 2 heterocycles. The molecule has 0 spiro atoms. The van der Waals surface area contributed by atoms with Crippen LogP contribution in [0.15, 0.2) is 94.7 Å². The summed E-state index contributed by atoms with van der Waals surface area (Å²) in [4.78, 5) is 19.1. The lowest BCUT2D eigenvalue weighted by molar-refractivity contribution is 0.601. The van der Waals surface area contributed by atoms with Crippen LogP contribution in [0.3, 0.4) is 0 Å². The van der Waals surface area contributed by atoms with Crippen molar-refractivity contribution in [3.8, 4) is 22.8 Å². The highest BCUT2D eigenvalue weighted by molar-refractivity contribution is 7.90. The molecule has 8 heteroatoms. The second-order valence-corrected chi connectivity index (χ2v) is 8.99. The first-order valence-electron chi connectivity index (χ1n) is 9.79. The maximum absolute atomic E-state index is 13.6. The summed E-state index contributed by atoms with van der Waals surface area (Å²) < 4.78 is 15.0. The lowest BCUT2D eigenvalue weighted by Crippen LogP contribution is -2.21. The highest BCUT2D eigenvalue weighted by Crippen LogP contribution is 2.24. The Kier molecular flexibility index (Phi) is 5.30. The van der Waals surface area contributed by atoms with Crippen LogP contribution >= 0.6 is 11.6 Å². The fourth-order valence-electron chi connectivity index (χ4n) is 3.50. The summed E-state index contributed by atoms with van der Waals surface area (Å²) in [5, 5.41) is 5.52.